The Hall–Kier alpha value is -3.78. The van der Waals surface area contributed by atoms with Gasteiger partial charge in [-0.1, -0.05) is 34.1 Å². The van der Waals surface area contributed by atoms with Gasteiger partial charge in [0, 0.05) is 18.4 Å². The van der Waals surface area contributed by atoms with Crippen LogP contribution in [0.2, 0.25) is 0 Å². The second kappa shape index (κ2) is 12.1. The van der Waals surface area contributed by atoms with E-state index in [0.29, 0.717) is 19.3 Å². The molecule has 2 bridgehead atoms. The number of carbonyl (C=O) groups is 3. The molecule has 3 heterocycles. The highest BCUT2D eigenvalue weighted by Crippen LogP contribution is 2.43. The van der Waals surface area contributed by atoms with E-state index in [0.717, 1.165) is 18.2 Å². The molecule has 15 heteroatoms. The van der Waals surface area contributed by atoms with E-state index in [2.05, 4.69) is 20.0 Å². The van der Waals surface area contributed by atoms with Crippen LogP contribution in [0, 0.1) is 17.3 Å². The Bertz CT molecular complexity index is 1510. The van der Waals surface area contributed by atoms with E-state index >= 15 is 8.78 Å². The number of hydrogen-bond acceptors (Lipinski definition) is 8. The normalized spacial score (nSPS) is 29.0. The first kappa shape index (κ1) is 33.6. The molecule has 1 aliphatic carbocycles. The second-order valence-electron chi connectivity index (χ2n) is 13.5. The lowest BCUT2D eigenvalue weighted by Crippen LogP contribution is -2.57. The molecule has 2 amide bonds. The maximum atomic E-state index is 15.9. The maximum absolute atomic E-state index is 15.9. The van der Waals surface area contributed by atoms with Crippen LogP contribution in [0.15, 0.2) is 18.2 Å². The number of Topliss-reactive ketones (excluding diaryl/α,β-unsaturated/α-hetero) is 1. The topological polar surface area (TPSA) is 120 Å². The average Bonchev–Trinajstić information content (AvgIpc) is 3.58. The third-order valence-electron chi connectivity index (χ3n) is 8.75. The number of alkyl halides is 5. The van der Waals surface area contributed by atoms with Gasteiger partial charge in [-0.25, -0.2) is 14.8 Å². The highest BCUT2D eigenvalue weighted by atomic mass is 19.4. The number of hydrogen-bond donors (Lipinski definition) is 1. The quantitative estimate of drug-likeness (QED) is 0.397. The van der Waals surface area contributed by atoms with Crippen LogP contribution in [-0.2, 0) is 20.2 Å². The summed E-state index contributed by atoms with van der Waals surface area (Å²) in [4.78, 5) is 49.3. The minimum Gasteiger partial charge on any atom is -0.471 e. The number of carbonyl (C=O) groups excluding carboxylic acids is 3. The molecule has 1 saturated heterocycles. The van der Waals surface area contributed by atoms with Crippen molar-refractivity contribution in [2.75, 3.05) is 6.54 Å². The Balaban J connectivity index is 1.57. The third-order valence-corrected chi connectivity index (χ3v) is 8.75. The van der Waals surface area contributed by atoms with Crippen molar-refractivity contribution in [2.45, 2.75) is 103 Å². The van der Waals surface area contributed by atoms with Crippen LogP contribution < -0.4 is 14.8 Å². The number of nitrogens with zero attached hydrogens (tertiary/aromatic N) is 3. The summed E-state index contributed by atoms with van der Waals surface area (Å²) in [6, 6.07) is 0.842. The third kappa shape index (κ3) is 7.27. The Morgan fingerprint density at radius 3 is 2.43 bits per heavy atom. The summed E-state index contributed by atoms with van der Waals surface area (Å²) >= 11 is 0. The fourth-order valence-corrected chi connectivity index (χ4v) is 6.24. The lowest BCUT2D eigenvalue weighted by atomic mass is 9.85. The summed E-state index contributed by atoms with van der Waals surface area (Å²) < 4.78 is 85.9. The van der Waals surface area contributed by atoms with Crippen molar-refractivity contribution < 1.29 is 50.5 Å². The zero-order chi connectivity index (χ0) is 33.8. The number of amides is 2. The van der Waals surface area contributed by atoms with Gasteiger partial charge in [-0.05, 0) is 49.7 Å². The largest absolute Gasteiger partial charge is 0.573 e. The van der Waals surface area contributed by atoms with Crippen molar-refractivity contribution in [1.29, 1.82) is 0 Å². The monoisotopic (exact) mass is 656 g/mol. The van der Waals surface area contributed by atoms with E-state index in [1.165, 1.54) is 11.8 Å². The van der Waals surface area contributed by atoms with E-state index < -0.39 is 89.4 Å². The predicted molar refractivity (Wildman–Crippen MR) is 153 cm³/mol. The first-order chi connectivity index (χ1) is 21.3. The Kier molecular flexibility index (Phi) is 8.84. The van der Waals surface area contributed by atoms with Crippen molar-refractivity contribution in [2.24, 2.45) is 17.3 Å². The van der Waals surface area contributed by atoms with Gasteiger partial charge in [-0.3, -0.25) is 9.59 Å². The van der Waals surface area contributed by atoms with E-state index in [1.807, 2.05) is 0 Å². The van der Waals surface area contributed by atoms with Gasteiger partial charge >= 0.3 is 12.5 Å². The number of alkyl carbamates (subject to hydrolysis) is 1. The molecule has 0 radical (unpaired) electrons. The van der Waals surface area contributed by atoms with E-state index in [4.69, 9.17) is 9.47 Å². The van der Waals surface area contributed by atoms with Crippen LogP contribution in [0.4, 0.5) is 26.7 Å². The van der Waals surface area contributed by atoms with Crippen molar-refractivity contribution in [3.63, 3.8) is 0 Å². The number of benzene rings is 1. The summed E-state index contributed by atoms with van der Waals surface area (Å²) in [7, 11) is 0. The van der Waals surface area contributed by atoms with Crippen LogP contribution in [0.5, 0.6) is 11.6 Å². The highest BCUT2D eigenvalue weighted by Gasteiger charge is 2.50. The fraction of sp³-hybridized carbons (Fsp3) is 0.645. The molecule has 1 unspecified atom stereocenters. The van der Waals surface area contributed by atoms with Crippen LogP contribution in [-0.4, -0.2) is 69.9 Å². The van der Waals surface area contributed by atoms with E-state index in [1.54, 1.807) is 27.7 Å². The molecule has 1 aromatic heterocycles. The molecule has 46 heavy (non-hydrogen) atoms. The molecule has 1 saturated carbocycles. The maximum Gasteiger partial charge on any atom is 0.573 e. The van der Waals surface area contributed by atoms with E-state index in [-0.39, 0.29) is 29.9 Å². The van der Waals surface area contributed by atoms with Crippen LogP contribution in [0.25, 0.3) is 11.0 Å². The Morgan fingerprint density at radius 1 is 1.07 bits per heavy atom. The first-order valence-corrected chi connectivity index (χ1v) is 15.2. The average molecular weight is 657 g/mol. The molecular weight excluding hydrogens is 619 g/mol. The SMILES string of the molecule is CC(=O)[C@@H]1[C@H](C)[C@@H]2CN1C(=O)[C@H](C(C)(C)C)NC(=O)OC1C[C@H]1CCCCC(F)(F)c1nc3ccc(OC(F)(F)F)cc3nc1O2. The van der Waals surface area contributed by atoms with Gasteiger partial charge in [0.05, 0.1) is 23.6 Å². The molecule has 2 aromatic rings. The summed E-state index contributed by atoms with van der Waals surface area (Å²) in [5.74, 6) is -6.48. The number of fused-ring (bicyclic) bond motifs is 5. The molecule has 3 aliphatic rings. The number of aromatic nitrogens is 2. The van der Waals surface area contributed by atoms with Crippen LogP contribution in [0.1, 0.15) is 72.4 Å². The number of rotatable bonds is 2. The van der Waals surface area contributed by atoms with Crippen LogP contribution >= 0.6 is 0 Å². The number of halogens is 5. The molecule has 10 nitrogen and oxygen atoms in total. The zero-order valence-corrected chi connectivity index (χ0v) is 26.1. The first-order valence-electron chi connectivity index (χ1n) is 15.2. The summed E-state index contributed by atoms with van der Waals surface area (Å²) in [6.07, 6.45) is -6.20. The summed E-state index contributed by atoms with van der Waals surface area (Å²) in [6.45, 7) is 7.92. The van der Waals surface area contributed by atoms with Crippen molar-refractivity contribution in [3.8, 4) is 11.6 Å². The van der Waals surface area contributed by atoms with Gasteiger partial charge in [0.15, 0.2) is 11.5 Å². The van der Waals surface area contributed by atoms with Gasteiger partial charge in [-0.15, -0.1) is 13.2 Å². The second-order valence-corrected chi connectivity index (χ2v) is 13.5. The van der Waals surface area contributed by atoms with Crippen molar-refractivity contribution in [3.05, 3.63) is 23.9 Å². The van der Waals surface area contributed by atoms with Crippen LogP contribution in [0.3, 0.4) is 0 Å². The smallest absolute Gasteiger partial charge is 0.471 e. The zero-order valence-electron chi connectivity index (χ0n) is 26.1. The molecule has 6 atom stereocenters. The molecule has 1 aromatic carbocycles. The number of ether oxygens (including phenoxy) is 3. The molecule has 2 fully saturated rings. The van der Waals surface area contributed by atoms with Gasteiger partial charge < -0.3 is 24.4 Å². The van der Waals surface area contributed by atoms with Gasteiger partial charge in [0.2, 0.25) is 11.8 Å². The predicted octanol–water partition coefficient (Wildman–Crippen LogP) is 5.91. The Labute approximate surface area is 262 Å². The minimum absolute atomic E-state index is 0.00297. The van der Waals surface area contributed by atoms with Gasteiger partial charge in [-0.2, -0.15) is 8.78 Å². The molecule has 0 spiro atoms. The minimum atomic E-state index is -5.00. The lowest BCUT2D eigenvalue weighted by Gasteiger charge is -2.35. The molecule has 252 valence electrons. The molecular formula is C31H37F5N4O6. The summed E-state index contributed by atoms with van der Waals surface area (Å²) in [5, 5.41) is 2.68. The molecule has 5 rings (SSSR count). The number of ketones is 1. The Morgan fingerprint density at radius 2 is 1.78 bits per heavy atom. The molecule has 2 aliphatic heterocycles. The summed E-state index contributed by atoms with van der Waals surface area (Å²) in [5.41, 5.74) is -1.89. The van der Waals surface area contributed by atoms with Gasteiger partial charge in [0.25, 0.3) is 5.92 Å². The van der Waals surface area contributed by atoms with Crippen molar-refractivity contribution in [1.82, 2.24) is 20.2 Å². The van der Waals surface area contributed by atoms with Gasteiger partial charge in [0.1, 0.15) is 24.0 Å². The standard InChI is InChI=1S/C31H37F5N4O6/c1-15-22-14-40(23(15)16(2)41)27(42)25(29(3,4)5)39-28(43)45-21-12-17(21)8-6-7-11-30(32,33)24-26(44-22)38-20-13-18(46-31(34,35)36)9-10-19(20)37-24/h9-10,13,15,17,21-23,25H,6-8,11-12,14H2,1-5H3,(H,39,43)/t15-,17-,21?,22+,23+,25-/m1/s1. The fourth-order valence-electron chi connectivity index (χ4n) is 6.24. The lowest BCUT2D eigenvalue weighted by molar-refractivity contribution is -0.274. The highest BCUT2D eigenvalue weighted by molar-refractivity contribution is 5.92. The van der Waals surface area contributed by atoms with E-state index in [9.17, 15) is 27.6 Å². The molecule has 1 N–H and O–H groups in total. The van der Waals surface area contributed by atoms with Crippen molar-refractivity contribution >= 4 is 28.8 Å². The number of nitrogens with one attached hydrogen (secondary N) is 1.